The van der Waals surface area contributed by atoms with E-state index in [4.69, 9.17) is 0 Å². The van der Waals surface area contributed by atoms with E-state index in [1.54, 1.807) is 0 Å². The first-order valence-corrected chi connectivity index (χ1v) is 6.06. The summed E-state index contributed by atoms with van der Waals surface area (Å²) in [7, 11) is 0. The summed E-state index contributed by atoms with van der Waals surface area (Å²) < 4.78 is 0. The molecule has 1 aliphatic heterocycles. The maximum absolute atomic E-state index is 10.3. The van der Waals surface area contributed by atoms with Gasteiger partial charge in [-0.2, -0.15) is 0 Å². The second-order valence-electron chi connectivity index (χ2n) is 5.51. The Balaban J connectivity index is 2.00. The Kier molecular flexibility index (Phi) is 2.85. The first-order chi connectivity index (χ1) is 6.59. The number of likely N-dealkylation sites (tertiary alicyclic amines) is 1. The Morgan fingerprint density at radius 1 is 1.29 bits per heavy atom. The zero-order chi connectivity index (χ0) is 10.2. The number of rotatable bonds is 1. The third-order valence-electron chi connectivity index (χ3n) is 4.01. The van der Waals surface area contributed by atoms with Crippen molar-refractivity contribution in [3.8, 4) is 0 Å². The van der Waals surface area contributed by atoms with Crippen LogP contribution in [0.25, 0.3) is 0 Å². The van der Waals surface area contributed by atoms with Gasteiger partial charge in [0.2, 0.25) is 0 Å². The molecule has 0 bridgehead atoms. The molecule has 1 aliphatic carbocycles. The normalized spacial score (nSPS) is 45.6. The molecule has 82 valence electrons. The third kappa shape index (κ3) is 1.96. The number of nitrogens with zero attached hydrogens (tertiary/aromatic N) is 1. The number of piperidine rings is 1. The lowest BCUT2D eigenvalue weighted by molar-refractivity contribution is -0.0256. The maximum Gasteiger partial charge on any atom is 0.0774 e. The van der Waals surface area contributed by atoms with Gasteiger partial charge in [-0.3, -0.25) is 4.90 Å². The Morgan fingerprint density at radius 3 is 2.64 bits per heavy atom. The molecule has 0 amide bonds. The summed E-state index contributed by atoms with van der Waals surface area (Å²) in [4.78, 5) is 2.53. The topological polar surface area (TPSA) is 23.5 Å². The van der Waals surface area contributed by atoms with Crippen LogP contribution >= 0.6 is 0 Å². The molecule has 0 aromatic rings. The van der Waals surface area contributed by atoms with E-state index in [2.05, 4.69) is 11.8 Å². The maximum atomic E-state index is 10.3. The zero-order valence-electron chi connectivity index (χ0n) is 9.50. The number of hydrogen-bond acceptors (Lipinski definition) is 2. The van der Waals surface area contributed by atoms with E-state index < -0.39 is 5.60 Å². The second kappa shape index (κ2) is 3.82. The van der Waals surface area contributed by atoms with Crippen molar-refractivity contribution in [3.05, 3.63) is 0 Å². The predicted octanol–water partition coefficient (Wildman–Crippen LogP) is 2.02. The van der Waals surface area contributed by atoms with Crippen LogP contribution in [0.5, 0.6) is 0 Å². The molecule has 0 radical (unpaired) electrons. The Hall–Kier alpha value is -0.0800. The van der Waals surface area contributed by atoms with Crippen LogP contribution < -0.4 is 0 Å². The largest absolute Gasteiger partial charge is 0.389 e. The molecule has 1 saturated carbocycles. The molecule has 1 saturated heterocycles. The van der Waals surface area contributed by atoms with Gasteiger partial charge in [0.25, 0.3) is 0 Å². The van der Waals surface area contributed by atoms with Gasteiger partial charge in [-0.15, -0.1) is 0 Å². The highest BCUT2D eigenvalue weighted by Gasteiger charge is 2.41. The average Bonchev–Trinajstić information content (AvgIpc) is 2.45. The summed E-state index contributed by atoms with van der Waals surface area (Å²) in [5, 5.41) is 10.3. The Labute approximate surface area is 87.3 Å². The van der Waals surface area contributed by atoms with Gasteiger partial charge in [0, 0.05) is 12.6 Å². The minimum absolute atomic E-state index is 0.420. The lowest BCUT2D eigenvalue weighted by Gasteiger charge is -2.40. The zero-order valence-corrected chi connectivity index (χ0v) is 9.50. The second-order valence-corrected chi connectivity index (χ2v) is 5.51. The van der Waals surface area contributed by atoms with Crippen molar-refractivity contribution in [1.29, 1.82) is 0 Å². The van der Waals surface area contributed by atoms with Crippen LogP contribution in [0.4, 0.5) is 0 Å². The first kappa shape index (κ1) is 10.4. The van der Waals surface area contributed by atoms with Gasteiger partial charge in [-0.05, 0) is 51.5 Å². The van der Waals surface area contributed by atoms with E-state index in [0.29, 0.717) is 6.04 Å². The lowest BCUT2D eigenvalue weighted by atomic mass is 9.93. The van der Waals surface area contributed by atoms with E-state index in [1.165, 1.54) is 38.8 Å². The van der Waals surface area contributed by atoms with Crippen molar-refractivity contribution in [2.45, 2.75) is 57.6 Å². The van der Waals surface area contributed by atoms with Crippen molar-refractivity contribution in [1.82, 2.24) is 4.90 Å². The molecular formula is C12H23NO. The summed E-state index contributed by atoms with van der Waals surface area (Å²) in [6, 6.07) is 0.435. The SMILES string of the molecule is CC1CCCN(C2CCCC2(C)O)C1. The van der Waals surface area contributed by atoms with Gasteiger partial charge < -0.3 is 5.11 Å². The Bertz CT molecular complexity index is 202. The molecule has 0 aromatic carbocycles. The van der Waals surface area contributed by atoms with Crippen LogP contribution in [0, 0.1) is 5.92 Å². The molecule has 2 heteroatoms. The molecule has 2 rings (SSSR count). The van der Waals surface area contributed by atoms with Crippen molar-refractivity contribution in [3.63, 3.8) is 0 Å². The molecule has 0 spiro atoms. The monoisotopic (exact) mass is 197 g/mol. The third-order valence-corrected chi connectivity index (χ3v) is 4.01. The van der Waals surface area contributed by atoms with E-state index >= 15 is 0 Å². The fourth-order valence-corrected chi connectivity index (χ4v) is 3.22. The van der Waals surface area contributed by atoms with Gasteiger partial charge in [-0.1, -0.05) is 6.92 Å². The van der Waals surface area contributed by atoms with Gasteiger partial charge in [0.15, 0.2) is 0 Å². The standard InChI is InChI=1S/C12H23NO/c1-10-5-4-8-13(9-10)11-6-3-7-12(11,2)14/h10-11,14H,3-9H2,1-2H3. The van der Waals surface area contributed by atoms with E-state index in [1.807, 2.05) is 6.92 Å². The summed E-state index contributed by atoms with van der Waals surface area (Å²) in [6.45, 7) is 6.74. The fraction of sp³-hybridized carbons (Fsp3) is 1.00. The van der Waals surface area contributed by atoms with Crippen LogP contribution in [0.2, 0.25) is 0 Å². The molecule has 14 heavy (non-hydrogen) atoms. The highest BCUT2D eigenvalue weighted by atomic mass is 16.3. The van der Waals surface area contributed by atoms with Crippen LogP contribution in [0.3, 0.4) is 0 Å². The molecule has 0 aromatic heterocycles. The van der Waals surface area contributed by atoms with Crippen LogP contribution in [-0.4, -0.2) is 34.7 Å². The van der Waals surface area contributed by atoms with Crippen molar-refractivity contribution < 1.29 is 5.11 Å². The highest BCUT2D eigenvalue weighted by molar-refractivity contribution is 4.96. The average molecular weight is 197 g/mol. The summed E-state index contributed by atoms with van der Waals surface area (Å²) in [6.07, 6.45) is 6.06. The van der Waals surface area contributed by atoms with E-state index in [0.717, 1.165) is 12.3 Å². The van der Waals surface area contributed by atoms with E-state index in [9.17, 15) is 5.11 Å². The molecule has 2 aliphatic rings. The van der Waals surface area contributed by atoms with Crippen LogP contribution in [-0.2, 0) is 0 Å². The first-order valence-electron chi connectivity index (χ1n) is 6.06. The minimum atomic E-state index is -0.420. The highest BCUT2D eigenvalue weighted by Crippen LogP contribution is 2.35. The Morgan fingerprint density at radius 2 is 2.07 bits per heavy atom. The van der Waals surface area contributed by atoms with E-state index in [-0.39, 0.29) is 0 Å². The smallest absolute Gasteiger partial charge is 0.0774 e. The minimum Gasteiger partial charge on any atom is -0.389 e. The van der Waals surface area contributed by atoms with Gasteiger partial charge in [-0.25, -0.2) is 0 Å². The molecule has 3 unspecified atom stereocenters. The summed E-state index contributed by atoms with van der Waals surface area (Å²) in [5.41, 5.74) is -0.420. The molecule has 2 nitrogen and oxygen atoms in total. The quantitative estimate of drug-likeness (QED) is 0.695. The number of aliphatic hydroxyl groups is 1. The van der Waals surface area contributed by atoms with Gasteiger partial charge in [0.1, 0.15) is 0 Å². The fourth-order valence-electron chi connectivity index (χ4n) is 3.22. The molecule has 2 fully saturated rings. The van der Waals surface area contributed by atoms with Crippen molar-refractivity contribution in [2.24, 2.45) is 5.92 Å². The molecule has 1 N–H and O–H groups in total. The van der Waals surface area contributed by atoms with Gasteiger partial charge in [0.05, 0.1) is 5.60 Å². The molecular weight excluding hydrogens is 174 g/mol. The van der Waals surface area contributed by atoms with Crippen LogP contribution in [0.15, 0.2) is 0 Å². The van der Waals surface area contributed by atoms with Crippen molar-refractivity contribution in [2.75, 3.05) is 13.1 Å². The number of hydrogen-bond donors (Lipinski definition) is 1. The van der Waals surface area contributed by atoms with Crippen molar-refractivity contribution >= 4 is 0 Å². The molecule has 1 heterocycles. The lowest BCUT2D eigenvalue weighted by Crippen LogP contribution is -2.50. The van der Waals surface area contributed by atoms with Gasteiger partial charge >= 0.3 is 0 Å². The predicted molar refractivity (Wildman–Crippen MR) is 58.2 cm³/mol. The summed E-state index contributed by atoms with van der Waals surface area (Å²) >= 11 is 0. The summed E-state index contributed by atoms with van der Waals surface area (Å²) in [5.74, 6) is 0.820. The molecule has 3 atom stereocenters. The van der Waals surface area contributed by atoms with Crippen LogP contribution in [0.1, 0.15) is 46.0 Å².